The van der Waals surface area contributed by atoms with Gasteiger partial charge in [-0.2, -0.15) is 0 Å². The lowest BCUT2D eigenvalue weighted by molar-refractivity contribution is -0.0733. The quantitative estimate of drug-likeness (QED) is 0.485. The van der Waals surface area contributed by atoms with Crippen LogP contribution in [-0.2, 0) is 17.6 Å². The van der Waals surface area contributed by atoms with Crippen molar-refractivity contribution in [3.63, 3.8) is 0 Å². The second kappa shape index (κ2) is 7.35. The zero-order valence-electron chi connectivity index (χ0n) is 21.5. The van der Waals surface area contributed by atoms with Gasteiger partial charge in [0.2, 0.25) is 0 Å². The van der Waals surface area contributed by atoms with Crippen molar-refractivity contribution in [2.45, 2.75) is 103 Å². The molecule has 4 fully saturated rings. The lowest BCUT2D eigenvalue weighted by Gasteiger charge is -2.52. The number of aromatic amines is 2. The normalized spacial score (nSPS) is 49.8. The Hall–Kier alpha value is -1.33. The highest BCUT2D eigenvalue weighted by Crippen LogP contribution is 2.64. The summed E-state index contributed by atoms with van der Waals surface area (Å²) in [5, 5.41) is 9.93. The van der Waals surface area contributed by atoms with E-state index < -0.39 is 0 Å². The van der Waals surface area contributed by atoms with Gasteiger partial charge >= 0.3 is 0 Å². The highest BCUT2D eigenvalue weighted by atomic mass is 16.5. The molecular formula is C29H43N3O2. The first-order chi connectivity index (χ1) is 16.3. The summed E-state index contributed by atoms with van der Waals surface area (Å²) in [6.45, 7) is 10.9. The number of rotatable bonds is 0. The number of allylic oxidation sites excluding steroid dienone is 1. The molecular weight excluding hydrogens is 422 g/mol. The second-order valence-electron chi connectivity index (χ2n) is 13.6. The number of piperidine rings is 1. The minimum atomic E-state index is 0.0303. The van der Waals surface area contributed by atoms with Crippen molar-refractivity contribution in [2.75, 3.05) is 6.54 Å². The number of hydrogen-bond acceptors (Lipinski definition) is 3. The predicted molar refractivity (Wildman–Crippen MR) is 134 cm³/mol. The summed E-state index contributed by atoms with van der Waals surface area (Å²) < 4.78 is 7.04. The molecule has 1 aromatic heterocycles. The van der Waals surface area contributed by atoms with Gasteiger partial charge in [-0.3, -0.25) is 9.89 Å². The van der Waals surface area contributed by atoms with Gasteiger partial charge < -0.3 is 15.2 Å². The number of aromatic nitrogens is 2. The third-order valence-electron chi connectivity index (χ3n) is 12.0. The monoisotopic (exact) mass is 465 g/mol. The molecule has 3 N–H and O–H groups in total. The van der Waals surface area contributed by atoms with Crippen molar-refractivity contribution in [3.8, 4) is 0 Å². The topological polar surface area (TPSA) is 69.9 Å². The lowest BCUT2D eigenvalue weighted by Crippen LogP contribution is -2.49. The molecule has 10 atom stereocenters. The molecule has 34 heavy (non-hydrogen) atoms. The van der Waals surface area contributed by atoms with E-state index in [9.17, 15) is 4.79 Å². The van der Waals surface area contributed by atoms with Crippen molar-refractivity contribution < 1.29 is 4.74 Å². The standard InChI is InChI=1S/C29H43N3O2/c1-15-9-25-26(30-14-15)17(3)29(34-25)8-7-19-20-6-5-18-10-24-22(27(33)32-31-24)13-28(18,4)23(20)11-21(19)16(2)12-29/h15,17-20,23,25-26,30H,5-14H2,1-4H3,(H2,31,32,33)/t15-,17+,18+,19-,20-,23-,25+,26-,28-,29-/m0/s1. The van der Waals surface area contributed by atoms with Gasteiger partial charge in [0.25, 0.3) is 5.56 Å². The number of ether oxygens (including phenoxy) is 1. The van der Waals surface area contributed by atoms with Crippen molar-refractivity contribution in [1.82, 2.24) is 15.5 Å². The van der Waals surface area contributed by atoms with Gasteiger partial charge in [-0.25, -0.2) is 0 Å². The van der Waals surface area contributed by atoms with Gasteiger partial charge in [0.15, 0.2) is 0 Å². The van der Waals surface area contributed by atoms with Crippen LogP contribution < -0.4 is 10.9 Å². The fraction of sp³-hybridized carbons (Fsp3) is 0.828. The smallest absolute Gasteiger partial charge is 0.267 e. The van der Waals surface area contributed by atoms with E-state index in [1.54, 1.807) is 11.1 Å². The van der Waals surface area contributed by atoms with Crippen molar-refractivity contribution in [2.24, 2.45) is 40.9 Å². The molecule has 2 saturated heterocycles. The summed E-state index contributed by atoms with van der Waals surface area (Å²) in [6, 6.07) is 0.532. The van der Waals surface area contributed by atoms with E-state index in [4.69, 9.17) is 4.74 Å². The first-order valence-electron chi connectivity index (χ1n) is 14.2. The van der Waals surface area contributed by atoms with Gasteiger partial charge in [-0.15, -0.1) is 0 Å². The van der Waals surface area contributed by atoms with Crippen LogP contribution in [0, 0.1) is 40.9 Å². The summed E-state index contributed by atoms with van der Waals surface area (Å²) in [5.74, 6) is 4.26. The average Bonchev–Trinajstić information content (AvgIpc) is 3.40. The lowest BCUT2D eigenvalue weighted by atomic mass is 9.52. The maximum Gasteiger partial charge on any atom is 0.267 e. The third-order valence-corrected chi connectivity index (χ3v) is 12.0. The largest absolute Gasteiger partial charge is 0.369 e. The Kier molecular flexibility index (Phi) is 4.74. The van der Waals surface area contributed by atoms with E-state index in [-0.39, 0.29) is 16.6 Å². The van der Waals surface area contributed by atoms with Crippen LogP contribution in [0.15, 0.2) is 15.9 Å². The Labute approximate surface area is 203 Å². The summed E-state index contributed by atoms with van der Waals surface area (Å²) in [7, 11) is 0. The first-order valence-corrected chi connectivity index (χ1v) is 14.2. The van der Waals surface area contributed by atoms with Gasteiger partial charge in [0.1, 0.15) is 0 Å². The summed E-state index contributed by atoms with van der Waals surface area (Å²) in [5.41, 5.74) is 6.08. The van der Waals surface area contributed by atoms with Gasteiger partial charge in [0, 0.05) is 23.2 Å². The molecule has 0 radical (unpaired) electrons. The molecule has 7 rings (SSSR count). The van der Waals surface area contributed by atoms with Crippen molar-refractivity contribution in [3.05, 3.63) is 32.8 Å². The molecule has 6 aliphatic rings. The molecule has 186 valence electrons. The van der Waals surface area contributed by atoms with Gasteiger partial charge in [-0.05, 0) is 106 Å². The van der Waals surface area contributed by atoms with Crippen LogP contribution in [-0.4, -0.2) is 34.5 Å². The molecule has 3 heterocycles. The van der Waals surface area contributed by atoms with Crippen LogP contribution in [0.2, 0.25) is 0 Å². The Morgan fingerprint density at radius 1 is 1.06 bits per heavy atom. The van der Waals surface area contributed by atoms with Crippen LogP contribution in [0.3, 0.4) is 0 Å². The second-order valence-corrected chi connectivity index (χ2v) is 13.6. The summed E-state index contributed by atoms with van der Waals surface area (Å²) >= 11 is 0. The Morgan fingerprint density at radius 3 is 2.76 bits per heavy atom. The maximum absolute atomic E-state index is 12.5. The molecule has 2 aliphatic heterocycles. The van der Waals surface area contributed by atoms with Crippen LogP contribution in [0.1, 0.15) is 83.9 Å². The summed E-state index contributed by atoms with van der Waals surface area (Å²) in [4.78, 5) is 12.5. The number of H-pyrrole nitrogens is 2. The predicted octanol–water partition coefficient (Wildman–Crippen LogP) is 4.74. The number of nitrogens with one attached hydrogen (secondary N) is 3. The van der Waals surface area contributed by atoms with Crippen LogP contribution in [0.5, 0.6) is 0 Å². The molecule has 1 spiro atoms. The minimum absolute atomic E-state index is 0.0303. The van der Waals surface area contributed by atoms with Crippen molar-refractivity contribution >= 4 is 0 Å². The maximum atomic E-state index is 12.5. The zero-order chi connectivity index (χ0) is 23.4. The average molecular weight is 466 g/mol. The molecule has 0 bridgehead atoms. The van der Waals surface area contributed by atoms with Crippen LogP contribution in [0.4, 0.5) is 0 Å². The molecule has 0 amide bonds. The highest BCUT2D eigenvalue weighted by molar-refractivity contribution is 5.32. The van der Waals surface area contributed by atoms with E-state index in [0.717, 1.165) is 49.1 Å². The molecule has 4 aliphatic carbocycles. The Bertz CT molecular complexity index is 1090. The van der Waals surface area contributed by atoms with Crippen LogP contribution in [0.25, 0.3) is 0 Å². The Balaban J connectivity index is 1.19. The number of hydrogen-bond donors (Lipinski definition) is 3. The van der Waals surface area contributed by atoms with E-state index >= 15 is 0 Å². The van der Waals surface area contributed by atoms with E-state index in [0.29, 0.717) is 29.9 Å². The van der Waals surface area contributed by atoms with Crippen LogP contribution >= 0.6 is 0 Å². The molecule has 2 saturated carbocycles. The molecule has 0 aromatic carbocycles. The van der Waals surface area contributed by atoms with E-state index in [2.05, 4.69) is 43.2 Å². The van der Waals surface area contributed by atoms with Crippen molar-refractivity contribution in [1.29, 1.82) is 0 Å². The zero-order valence-corrected chi connectivity index (χ0v) is 21.5. The summed E-state index contributed by atoms with van der Waals surface area (Å²) in [6.07, 6.45) is 11.2. The molecule has 0 unspecified atom stereocenters. The van der Waals surface area contributed by atoms with Gasteiger partial charge in [-0.1, -0.05) is 31.9 Å². The SMILES string of the molecule is CC1=C2C[C@H]3[C@@H](CC[C@@H]4Cc5[nH][nH]c(=O)c5C[C@@]43C)[C@@H]2CC[C@@]2(C1)O[C@@H]1C[C@H](C)CN[C@H]1[C@H]2C. The van der Waals surface area contributed by atoms with Gasteiger partial charge in [0.05, 0.1) is 11.7 Å². The number of fused-ring (bicyclic) bond motifs is 7. The Morgan fingerprint density at radius 2 is 1.91 bits per heavy atom. The minimum Gasteiger partial charge on any atom is -0.369 e. The fourth-order valence-electron chi connectivity index (χ4n) is 10.1. The molecule has 1 aromatic rings. The molecule has 5 heteroatoms. The third kappa shape index (κ3) is 2.89. The first kappa shape index (κ1) is 21.9. The van der Waals surface area contributed by atoms with E-state index in [1.807, 2.05) is 0 Å². The fourth-order valence-corrected chi connectivity index (χ4v) is 10.1. The highest BCUT2D eigenvalue weighted by Gasteiger charge is 2.59. The molecule has 5 nitrogen and oxygen atoms in total. The van der Waals surface area contributed by atoms with E-state index in [1.165, 1.54) is 44.2 Å².